The molecule has 124 valence electrons. The van der Waals surface area contributed by atoms with Gasteiger partial charge in [-0.05, 0) is 0 Å². The number of carbonyl (C=O) groups excluding carboxylic acids is 1. The third-order valence-corrected chi connectivity index (χ3v) is 5.78. The molecule has 0 bridgehead atoms. The van der Waals surface area contributed by atoms with Crippen LogP contribution in [0.15, 0.2) is 48.5 Å². The van der Waals surface area contributed by atoms with Crippen molar-refractivity contribution in [3.63, 3.8) is 0 Å². The predicted octanol–water partition coefficient (Wildman–Crippen LogP) is 3.66. The second kappa shape index (κ2) is 7.56. The maximum absolute atomic E-state index is 11.9. The fraction of sp³-hybridized carbons (Fsp3) is 0.211. The van der Waals surface area contributed by atoms with E-state index in [-0.39, 0.29) is 20.5 Å². The van der Waals surface area contributed by atoms with E-state index in [1.807, 2.05) is 55.5 Å². The van der Waals surface area contributed by atoms with Gasteiger partial charge in [0.1, 0.15) is 0 Å². The van der Waals surface area contributed by atoms with E-state index in [1.54, 1.807) is 7.11 Å². The van der Waals surface area contributed by atoms with Crippen LogP contribution in [0.4, 0.5) is 0 Å². The molecule has 0 atom stereocenters. The first-order valence-electron chi connectivity index (χ1n) is 7.66. The van der Waals surface area contributed by atoms with Crippen LogP contribution in [0.1, 0.15) is 21.7 Å². The van der Waals surface area contributed by atoms with Crippen molar-refractivity contribution < 1.29 is 19.0 Å². The Bertz CT molecular complexity index is 839. The Balaban J connectivity index is 1.88. The van der Waals surface area contributed by atoms with Crippen molar-refractivity contribution in [2.45, 2.75) is 13.5 Å². The van der Waals surface area contributed by atoms with E-state index in [1.165, 1.54) is 0 Å². The van der Waals surface area contributed by atoms with Crippen LogP contribution in [0, 0.1) is 0 Å². The van der Waals surface area contributed by atoms with Crippen molar-refractivity contribution in [1.29, 1.82) is 0 Å². The molecule has 24 heavy (non-hydrogen) atoms. The average Bonchev–Trinajstić information content (AvgIpc) is 3.03. The molecule has 0 saturated carbocycles. The van der Waals surface area contributed by atoms with Gasteiger partial charge < -0.3 is 0 Å². The van der Waals surface area contributed by atoms with Gasteiger partial charge in [-0.2, -0.15) is 0 Å². The molecule has 0 radical (unpaired) electrons. The van der Waals surface area contributed by atoms with Crippen LogP contribution in [-0.2, 0) is 11.3 Å². The van der Waals surface area contributed by atoms with E-state index >= 15 is 0 Å². The van der Waals surface area contributed by atoms with E-state index < -0.39 is 0 Å². The molecule has 2 aromatic carbocycles. The van der Waals surface area contributed by atoms with Crippen molar-refractivity contribution in [2.75, 3.05) is 13.7 Å². The van der Waals surface area contributed by atoms with Gasteiger partial charge in [0.25, 0.3) is 0 Å². The van der Waals surface area contributed by atoms with Crippen LogP contribution < -0.4 is 9.47 Å². The van der Waals surface area contributed by atoms with E-state index in [0.717, 1.165) is 19.6 Å². The zero-order valence-electron chi connectivity index (χ0n) is 13.6. The summed E-state index contributed by atoms with van der Waals surface area (Å²) in [6, 6.07) is 15.8. The molecule has 3 aromatic rings. The average molecular weight is 389 g/mol. The number of esters is 1. The molecule has 1 aromatic heterocycles. The SMILES string of the molecule is CCOC(=O)c1cc2cc(OCc3ccccc3)c(OC)cc2[se]1. The number of carbonyl (C=O) groups is 1. The Morgan fingerprint density at radius 3 is 2.58 bits per heavy atom. The van der Waals surface area contributed by atoms with Crippen LogP contribution in [0.5, 0.6) is 11.5 Å². The van der Waals surface area contributed by atoms with Gasteiger partial charge in [0, 0.05) is 0 Å². The molecule has 0 aliphatic heterocycles. The van der Waals surface area contributed by atoms with Crippen LogP contribution in [0.2, 0.25) is 0 Å². The molecule has 0 N–H and O–H groups in total. The molecule has 0 saturated heterocycles. The minimum atomic E-state index is -0.237. The van der Waals surface area contributed by atoms with Crippen LogP contribution in [0.3, 0.4) is 0 Å². The van der Waals surface area contributed by atoms with Gasteiger partial charge in [0.2, 0.25) is 0 Å². The Hall–Kier alpha value is -2.23. The number of methoxy groups -OCH3 is 1. The van der Waals surface area contributed by atoms with E-state index in [0.29, 0.717) is 24.7 Å². The molecule has 0 aliphatic rings. The number of ether oxygens (including phenoxy) is 3. The molecule has 4 nitrogen and oxygen atoms in total. The van der Waals surface area contributed by atoms with Gasteiger partial charge in [-0.1, -0.05) is 0 Å². The van der Waals surface area contributed by atoms with Gasteiger partial charge in [0.15, 0.2) is 0 Å². The van der Waals surface area contributed by atoms with E-state index in [2.05, 4.69) is 0 Å². The molecule has 0 amide bonds. The molecular formula is C19H18O4Se. The van der Waals surface area contributed by atoms with Crippen LogP contribution >= 0.6 is 0 Å². The molecule has 0 unspecified atom stereocenters. The molecule has 5 heteroatoms. The van der Waals surface area contributed by atoms with Gasteiger partial charge in [-0.15, -0.1) is 0 Å². The summed E-state index contributed by atoms with van der Waals surface area (Å²) in [5.41, 5.74) is 1.09. The summed E-state index contributed by atoms with van der Waals surface area (Å²) in [4.78, 5) is 11.9. The maximum atomic E-state index is 11.9. The summed E-state index contributed by atoms with van der Waals surface area (Å²) in [5, 5.41) is 1.00. The van der Waals surface area contributed by atoms with Crippen LogP contribution in [-0.4, -0.2) is 34.2 Å². The van der Waals surface area contributed by atoms with Crippen molar-refractivity contribution in [2.24, 2.45) is 0 Å². The minimum absolute atomic E-state index is 0.0627. The first kappa shape index (κ1) is 16.6. The van der Waals surface area contributed by atoms with Crippen molar-refractivity contribution in [1.82, 2.24) is 0 Å². The van der Waals surface area contributed by atoms with Gasteiger partial charge in [-0.3, -0.25) is 0 Å². The van der Waals surface area contributed by atoms with E-state index in [4.69, 9.17) is 14.2 Å². The van der Waals surface area contributed by atoms with Gasteiger partial charge >= 0.3 is 146 Å². The van der Waals surface area contributed by atoms with E-state index in [9.17, 15) is 4.79 Å². The number of rotatable bonds is 6. The normalized spacial score (nSPS) is 10.6. The summed E-state index contributed by atoms with van der Waals surface area (Å²) >= 11 is -0.0627. The molecule has 1 heterocycles. The standard InChI is InChI=1S/C19H18O4Se/c1-3-22-19(20)18-10-14-9-16(15(21-2)11-17(14)24-18)23-12-13-7-5-4-6-8-13/h4-11H,3,12H2,1-2H3. The summed E-state index contributed by atoms with van der Waals surface area (Å²) in [6.07, 6.45) is 0. The van der Waals surface area contributed by atoms with Crippen molar-refractivity contribution in [3.8, 4) is 11.5 Å². The first-order valence-corrected chi connectivity index (χ1v) is 9.38. The quantitative estimate of drug-likeness (QED) is 0.477. The third-order valence-electron chi connectivity index (χ3n) is 3.52. The van der Waals surface area contributed by atoms with Crippen molar-refractivity contribution >= 4 is 30.1 Å². The Kier molecular flexibility index (Phi) is 5.24. The summed E-state index contributed by atoms with van der Waals surface area (Å²) in [5.74, 6) is 1.13. The fourth-order valence-electron chi connectivity index (χ4n) is 2.36. The van der Waals surface area contributed by atoms with Gasteiger partial charge in [-0.25, -0.2) is 0 Å². The Morgan fingerprint density at radius 2 is 1.88 bits per heavy atom. The number of fused-ring (bicyclic) bond motifs is 1. The second-order valence-corrected chi connectivity index (χ2v) is 7.42. The molecular weight excluding hydrogens is 371 g/mol. The van der Waals surface area contributed by atoms with Crippen LogP contribution in [0.25, 0.3) is 9.65 Å². The summed E-state index contributed by atoms with van der Waals surface area (Å²) in [7, 11) is 1.62. The Morgan fingerprint density at radius 1 is 1.08 bits per heavy atom. The third kappa shape index (κ3) is 3.64. The van der Waals surface area contributed by atoms with Crippen molar-refractivity contribution in [3.05, 3.63) is 58.5 Å². The number of benzene rings is 2. The number of hydrogen-bond donors (Lipinski definition) is 0. The molecule has 3 rings (SSSR count). The topological polar surface area (TPSA) is 44.8 Å². The second-order valence-electron chi connectivity index (χ2n) is 5.15. The Labute approximate surface area is 146 Å². The number of hydrogen-bond acceptors (Lipinski definition) is 4. The zero-order chi connectivity index (χ0) is 16.9. The predicted molar refractivity (Wildman–Crippen MR) is 94.2 cm³/mol. The molecule has 0 aliphatic carbocycles. The molecule has 0 spiro atoms. The monoisotopic (exact) mass is 390 g/mol. The first-order chi connectivity index (χ1) is 11.7. The van der Waals surface area contributed by atoms with Gasteiger partial charge in [0.05, 0.1) is 0 Å². The summed E-state index contributed by atoms with van der Waals surface area (Å²) in [6.45, 7) is 2.67. The fourth-order valence-corrected chi connectivity index (χ4v) is 4.39. The molecule has 0 fully saturated rings. The summed E-state index contributed by atoms with van der Waals surface area (Å²) < 4.78 is 18.3. The zero-order valence-corrected chi connectivity index (χ0v) is 15.3.